The van der Waals surface area contributed by atoms with E-state index in [1.165, 1.54) is 25.7 Å². The van der Waals surface area contributed by atoms with Gasteiger partial charge in [0.25, 0.3) is 0 Å². The second-order valence-corrected chi connectivity index (χ2v) is 14.9. The number of carbonyl (C=O) groups excluding carboxylic acids is 1. The first kappa shape index (κ1) is 37.1. The molecule has 2 N–H and O–H groups in total. The van der Waals surface area contributed by atoms with Crippen LogP contribution in [-0.4, -0.2) is 42.1 Å². The number of ether oxygens (including phenoxy) is 1. The fraction of sp³-hybridized carbons (Fsp3) is 0.792. The molecule has 0 heterocycles. The summed E-state index contributed by atoms with van der Waals surface area (Å²) in [5.74, 6) is -0.199. The van der Waals surface area contributed by atoms with Crippen LogP contribution in [0.3, 0.4) is 0 Å². The van der Waals surface area contributed by atoms with Gasteiger partial charge in [0.15, 0.2) is 0 Å². The van der Waals surface area contributed by atoms with E-state index in [9.17, 15) is 4.79 Å². The third-order valence-electron chi connectivity index (χ3n) is 2.74. The molecule has 0 bridgehead atoms. The fourth-order valence-corrected chi connectivity index (χ4v) is 3.02. The smallest absolute Gasteiger partial charge is 0.528 e. The molecule has 0 aliphatic carbocycles. The molecule has 0 atom stereocenters. The Balaban J connectivity index is -0.000000319. The van der Waals surface area contributed by atoms with Crippen LogP contribution in [0.4, 0.5) is 0 Å². The van der Waals surface area contributed by atoms with Crippen molar-refractivity contribution in [2.75, 3.05) is 0 Å². The second-order valence-electron chi connectivity index (χ2n) is 9.91. The average molecular weight is 479 g/mol. The van der Waals surface area contributed by atoms with Crippen molar-refractivity contribution in [2.24, 2.45) is 0 Å². The zero-order valence-electron chi connectivity index (χ0n) is 21.6. The zero-order valence-corrected chi connectivity index (χ0v) is 24.2. The van der Waals surface area contributed by atoms with Crippen LogP contribution in [0, 0.1) is 12.5 Å². The van der Waals surface area contributed by atoms with E-state index in [-0.39, 0.29) is 39.9 Å². The van der Waals surface area contributed by atoms with Crippen molar-refractivity contribution in [1.82, 2.24) is 0 Å². The molecule has 4 nitrogen and oxygen atoms in total. The molecule has 6 heteroatoms. The van der Waals surface area contributed by atoms with Crippen LogP contribution in [0.1, 0.15) is 87.5 Å². The van der Waals surface area contributed by atoms with Crippen molar-refractivity contribution in [2.45, 2.75) is 125 Å². The van der Waals surface area contributed by atoms with E-state index < -0.39 is 13.7 Å². The van der Waals surface area contributed by atoms with Gasteiger partial charge in [0.05, 0.1) is 5.60 Å². The van der Waals surface area contributed by atoms with Crippen LogP contribution in [0.5, 0.6) is 0 Å². The van der Waals surface area contributed by atoms with Gasteiger partial charge in [0.1, 0.15) is 5.97 Å². The van der Waals surface area contributed by atoms with Gasteiger partial charge in [-0.3, -0.25) is 18.0 Å². The number of allylic oxidation sites excluding steroid dienone is 1. The van der Waals surface area contributed by atoms with Crippen LogP contribution < -0.4 is 0 Å². The van der Waals surface area contributed by atoms with Gasteiger partial charge in [0, 0.05) is 12.2 Å². The minimum Gasteiger partial charge on any atom is -0.528 e. The Bertz CT molecular complexity index is 410. The molecule has 0 spiro atoms. The summed E-state index contributed by atoms with van der Waals surface area (Å²) >= 11 is 0. The molecule has 0 saturated heterocycles. The number of esters is 1. The standard InChI is InChI=1S/C18H34O2Si.2C3H8O.Ti/c1-8-9-10-11-12-13-14-16(15-21(5,6)7)17(19)20-18(2,3)4;2*1-3(2)4;/h13-15H,8-12H2,1-7H3;2*3-4H,1-2H3;/q-2;;;+2/b16-14+;;;. The summed E-state index contributed by atoms with van der Waals surface area (Å²) in [4.78, 5) is 12.3. The number of aliphatic hydroxyl groups is 2. The summed E-state index contributed by atoms with van der Waals surface area (Å²) in [5, 5.41) is 16.1. The molecule has 178 valence electrons. The van der Waals surface area contributed by atoms with Crippen LogP contribution in [-0.2, 0) is 31.2 Å². The minimum atomic E-state index is -1.45. The Kier molecular flexibility index (Phi) is 25.6. The van der Waals surface area contributed by atoms with E-state index in [2.05, 4.69) is 39.0 Å². The molecule has 0 amide bonds. The van der Waals surface area contributed by atoms with Gasteiger partial charge in [-0.05, 0) is 56.5 Å². The Morgan fingerprint density at radius 3 is 1.77 bits per heavy atom. The second kappa shape index (κ2) is 20.7. The first-order valence-electron chi connectivity index (χ1n) is 11.0. The maximum absolute atomic E-state index is 12.3. The Morgan fingerprint density at radius 2 is 1.43 bits per heavy atom. The van der Waals surface area contributed by atoms with Gasteiger partial charge in [-0.2, -0.15) is 0 Å². The maximum Gasteiger partial charge on any atom is 2.00 e. The summed E-state index contributed by atoms with van der Waals surface area (Å²) in [6.07, 6.45) is 9.77. The summed E-state index contributed by atoms with van der Waals surface area (Å²) in [6, 6.07) is 2.13. The predicted molar refractivity (Wildman–Crippen MR) is 129 cm³/mol. The molecule has 0 fully saturated rings. The average Bonchev–Trinajstić information content (AvgIpc) is 2.45. The molecule has 0 aromatic heterocycles. The SMILES string of the molecule is CC(C)O.CC(C)O.CCCCCC[CH-]/C=C(\[CH-][Si](C)(C)C)C(=O)OC(C)(C)C.[Ti+2]. The molecule has 0 aliphatic heterocycles. The van der Waals surface area contributed by atoms with Gasteiger partial charge >= 0.3 is 21.7 Å². The van der Waals surface area contributed by atoms with E-state index in [0.717, 1.165) is 12.0 Å². The van der Waals surface area contributed by atoms with Crippen LogP contribution in [0.15, 0.2) is 11.6 Å². The molecule has 0 radical (unpaired) electrons. The topological polar surface area (TPSA) is 66.8 Å². The molecule has 0 aromatic carbocycles. The first-order chi connectivity index (χ1) is 13.0. The molecule has 0 rings (SSSR count). The first-order valence-corrected chi connectivity index (χ1v) is 14.6. The fourth-order valence-electron chi connectivity index (χ4n) is 1.88. The predicted octanol–water partition coefficient (Wildman–Crippen LogP) is 6.28. The molecule has 0 aliphatic rings. The Morgan fingerprint density at radius 1 is 1.00 bits per heavy atom. The number of rotatable bonds is 9. The Labute approximate surface area is 204 Å². The van der Waals surface area contributed by atoms with E-state index in [1.54, 1.807) is 27.7 Å². The Hall–Kier alpha value is -0.199. The largest absolute Gasteiger partial charge is 2.00 e. The monoisotopic (exact) mass is 478 g/mol. The third-order valence-corrected chi connectivity index (χ3v) is 3.92. The third kappa shape index (κ3) is 42.0. The summed E-state index contributed by atoms with van der Waals surface area (Å²) in [5.41, 5.74) is 0.282. The molecule has 0 aromatic rings. The minimum absolute atomic E-state index is 0. The molecule has 0 unspecified atom stereocenters. The number of hydrogen-bond acceptors (Lipinski definition) is 4. The maximum atomic E-state index is 12.3. The van der Waals surface area contributed by atoms with Crippen molar-refractivity contribution in [3.05, 3.63) is 24.1 Å². The number of unbranched alkanes of at least 4 members (excludes halogenated alkanes) is 5. The van der Waals surface area contributed by atoms with Crippen LogP contribution in [0.25, 0.3) is 0 Å². The molecule has 30 heavy (non-hydrogen) atoms. The molecular weight excluding hydrogens is 428 g/mol. The number of hydrogen-bond donors (Lipinski definition) is 2. The van der Waals surface area contributed by atoms with Crippen molar-refractivity contribution in [3.8, 4) is 0 Å². The van der Waals surface area contributed by atoms with Gasteiger partial charge < -0.3 is 25.8 Å². The van der Waals surface area contributed by atoms with Gasteiger partial charge in [-0.1, -0.05) is 52.2 Å². The van der Waals surface area contributed by atoms with E-state index in [1.807, 2.05) is 26.8 Å². The summed E-state index contributed by atoms with van der Waals surface area (Å²) in [6.45, 7) is 21.5. The summed E-state index contributed by atoms with van der Waals surface area (Å²) < 4.78 is 5.51. The van der Waals surface area contributed by atoms with Crippen LogP contribution >= 0.6 is 0 Å². The van der Waals surface area contributed by atoms with Crippen molar-refractivity contribution in [1.29, 1.82) is 0 Å². The van der Waals surface area contributed by atoms with Crippen molar-refractivity contribution in [3.63, 3.8) is 0 Å². The number of aliphatic hydroxyl groups excluding tert-OH is 2. The summed E-state index contributed by atoms with van der Waals surface area (Å²) in [7, 11) is -1.45. The molecule has 0 saturated carbocycles. The zero-order chi connectivity index (χ0) is 23.7. The van der Waals surface area contributed by atoms with E-state index in [4.69, 9.17) is 14.9 Å². The van der Waals surface area contributed by atoms with E-state index >= 15 is 0 Å². The van der Waals surface area contributed by atoms with Crippen LogP contribution in [0.2, 0.25) is 19.6 Å². The van der Waals surface area contributed by atoms with Crippen molar-refractivity contribution >= 4 is 14.0 Å². The molecular formula is C24H50O4SiTi. The van der Waals surface area contributed by atoms with Gasteiger partial charge in [-0.15, -0.1) is 6.42 Å². The van der Waals surface area contributed by atoms with Gasteiger partial charge in [0.2, 0.25) is 0 Å². The van der Waals surface area contributed by atoms with E-state index in [0.29, 0.717) is 0 Å². The quantitative estimate of drug-likeness (QED) is 0.135. The number of carbonyl (C=O) groups is 1. The van der Waals surface area contributed by atoms with Crippen molar-refractivity contribution < 1.29 is 41.5 Å². The van der Waals surface area contributed by atoms with Gasteiger partial charge in [-0.25, -0.2) is 0 Å². The normalized spacial score (nSPS) is 11.5.